The van der Waals surface area contributed by atoms with Crippen LogP contribution in [0.1, 0.15) is 54.5 Å². The van der Waals surface area contributed by atoms with Crippen molar-refractivity contribution < 1.29 is 9.59 Å². The molecular formula is C23H28N2O2. The summed E-state index contributed by atoms with van der Waals surface area (Å²) in [4.78, 5) is 26.9. The van der Waals surface area contributed by atoms with Gasteiger partial charge in [0.1, 0.15) is 0 Å². The highest BCUT2D eigenvalue weighted by Gasteiger charge is 2.31. The minimum Gasteiger partial charge on any atom is -0.356 e. The molecule has 1 atom stereocenters. The highest BCUT2D eigenvalue weighted by atomic mass is 16.2. The van der Waals surface area contributed by atoms with E-state index in [1.165, 1.54) is 16.7 Å². The first-order valence-corrected chi connectivity index (χ1v) is 9.80. The van der Waals surface area contributed by atoms with E-state index in [0.29, 0.717) is 13.1 Å². The summed E-state index contributed by atoms with van der Waals surface area (Å²) in [6, 6.07) is 16.6. The quantitative estimate of drug-likeness (QED) is 0.848. The molecule has 0 aliphatic carbocycles. The van der Waals surface area contributed by atoms with E-state index in [2.05, 4.69) is 42.6 Å². The number of nitrogens with one attached hydrogen (secondary N) is 1. The predicted molar refractivity (Wildman–Crippen MR) is 107 cm³/mol. The van der Waals surface area contributed by atoms with Gasteiger partial charge in [-0.15, -0.1) is 0 Å². The van der Waals surface area contributed by atoms with Crippen LogP contribution in [-0.2, 0) is 16.0 Å². The number of nitrogens with zero attached hydrogens (tertiary/aromatic N) is 1. The van der Waals surface area contributed by atoms with Crippen molar-refractivity contribution in [3.05, 3.63) is 70.8 Å². The average Bonchev–Trinajstić information content (AvgIpc) is 2.70. The number of benzene rings is 2. The molecule has 3 rings (SSSR count). The van der Waals surface area contributed by atoms with Crippen LogP contribution in [-0.4, -0.2) is 29.8 Å². The number of hydrogen-bond donors (Lipinski definition) is 1. The summed E-state index contributed by atoms with van der Waals surface area (Å²) in [5.74, 6) is -0.00243. The van der Waals surface area contributed by atoms with Gasteiger partial charge in [-0.3, -0.25) is 9.59 Å². The van der Waals surface area contributed by atoms with Gasteiger partial charge in [0.15, 0.2) is 0 Å². The number of carbonyl (C=O) groups excluding carboxylic acids is 2. The molecule has 4 nitrogen and oxygen atoms in total. The molecule has 0 spiro atoms. The van der Waals surface area contributed by atoms with Crippen molar-refractivity contribution in [2.75, 3.05) is 13.1 Å². The first-order valence-electron chi connectivity index (χ1n) is 9.80. The molecule has 1 heterocycles. The summed E-state index contributed by atoms with van der Waals surface area (Å²) in [6.07, 6.45) is 2.25. The van der Waals surface area contributed by atoms with Crippen molar-refractivity contribution >= 4 is 11.8 Å². The number of aryl methyl sites for hydroxylation is 1. The topological polar surface area (TPSA) is 49.4 Å². The Morgan fingerprint density at radius 3 is 2.63 bits per heavy atom. The van der Waals surface area contributed by atoms with Crippen molar-refractivity contribution in [1.29, 1.82) is 0 Å². The SMILES string of the molecule is CCCNC(=O)CCC(=O)N1CCc2ccc(C)cc2C1c1ccccc1. The molecule has 2 aromatic rings. The highest BCUT2D eigenvalue weighted by molar-refractivity contribution is 5.84. The van der Waals surface area contributed by atoms with E-state index >= 15 is 0 Å². The van der Waals surface area contributed by atoms with Gasteiger partial charge >= 0.3 is 0 Å². The summed E-state index contributed by atoms with van der Waals surface area (Å²) in [6.45, 7) is 5.45. The molecule has 4 heteroatoms. The van der Waals surface area contributed by atoms with Gasteiger partial charge in [0.2, 0.25) is 11.8 Å². The zero-order chi connectivity index (χ0) is 19.2. The van der Waals surface area contributed by atoms with Crippen LogP contribution in [0.5, 0.6) is 0 Å². The summed E-state index contributed by atoms with van der Waals surface area (Å²) in [7, 11) is 0. The number of amides is 2. The molecule has 0 fully saturated rings. The molecule has 1 unspecified atom stereocenters. The standard InChI is InChI=1S/C23H28N2O2/c1-3-14-24-21(26)11-12-22(27)25-15-13-18-10-9-17(2)16-20(18)23(25)19-7-5-4-6-8-19/h4-10,16,23H,3,11-15H2,1-2H3,(H,24,26). The maximum atomic E-state index is 13.0. The molecule has 2 aromatic carbocycles. The van der Waals surface area contributed by atoms with Crippen LogP contribution in [0.15, 0.2) is 48.5 Å². The molecule has 0 saturated carbocycles. The maximum Gasteiger partial charge on any atom is 0.223 e. The predicted octanol–water partition coefficient (Wildman–Crippen LogP) is 3.78. The molecule has 142 valence electrons. The number of fused-ring (bicyclic) bond motifs is 1. The first-order chi connectivity index (χ1) is 13.1. The van der Waals surface area contributed by atoms with Gasteiger partial charge in [0.25, 0.3) is 0 Å². The Kier molecular flexibility index (Phi) is 6.28. The van der Waals surface area contributed by atoms with Crippen molar-refractivity contribution in [2.24, 2.45) is 0 Å². The van der Waals surface area contributed by atoms with Crippen LogP contribution in [0.3, 0.4) is 0 Å². The van der Waals surface area contributed by atoms with Gasteiger partial charge in [0, 0.05) is 25.9 Å². The van der Waals surface area contributed by atoms with E-state index in [-0.39, 0.29) is 30.7 Å². The van der Waals surface area contributed by atoms with Gasteiger partial charge in [-0.05, 0) is 36.5 Å². The van der Waals surface area contributed by atoms with E-state index in [4.69, 9.17) is 0 Å². The smallest absolute Gasteiger partial charge is 0.223 e. The first kappa shape index (κ1) is 19.2. The van der Waals surface area contributed by atoms with Crippen LogP contribution in [0.2, 0.25) is 0 Å². The largest absolute Gasteiger partial charge is 0.356 e. The molecule has 0 aromatic heterocycles. The van der Waals surface area contributed by atoms with Crippen molar-refractivity contribution in [2.45, 2.75) is 45.6 Å². The van der Waals surface area contributed by atoms with E-state index in [1.807, 2.05) is 30.0 Å². The third-order valence-corrected chi connectivity index (χ3v) is 5.10. The lowest BCUT2D eigenvalue weighted by atomic mass is 9.87. The van der Waals surface area contributed by atoms with Gasteiger partial charge < -0.3 is 10.2 Å². The lowest BCUT2D eigenvalue weighted by Crippen LogP contribution is -2.41. The molecular weight excluding hydrogens is 336 g/mol. The fourth-order valence-electron chi connectivity index (χ4n) is 3.71. The molecule has 0 radical (unpaired) electrons. The van der Waals surface area contributed by atoms with Crippen molar-refractivity contribution in [3.63, 3.8) is 0 Å². The van der Waals surface area contributed by atoms with Crippen LogP contribution < -0.4 is 5.32 Å². The molecule has 1 N–H and O–H groups in total. The molecule has 2 amide bonds. The van der Waals surface area contributed by atoms with Crippen LogP contribution >= 0.6 is 0 Å². The van der Waals surface area contributed by atoms with E-state index in [0.717, 1.165) is 18.4 Å². The second-order valence-corrected chi connectivity index (χ2v) is 7.20. The Hall–Kier alpha value is -2.62. The van der Waals surface area contributed by atoms with Crippen LogP contribution in [0.4, 0.5) is 0 Å². The van der Waals surface area contributed by atoms with E-state index in [1.54, 1.807) is 0 Å². The van der Waals surface area contributed by atoms with Gasteiger partial charge in [-0.25, -0.2) is 0 Å². The third kappa shape index (κ3) is 4.57. The molecule has 1 aliphatic rings. The van der Waals surface area contributed by atoms with E-state index in [9.17, 15) is 9.59 Å². The maximum absolute atomic E-state index is 13.0. The second-order valence-electron chi connectivity index (χ2n) is 7.20. The molecule has 1 aliphatic heterocycles. The normalized spacial score (nSPS) is 15.9. The fraction of sp³-hybridized carbons (Fsp3) is 0.391. The zero-order valence-corrected chi connectivity index (χ0v) is 16.2. The van der Waals surface area contributed by atoms with Crippen LogP contribution in [0.25, 0.3) is 0 Å². The Labute approximate surface area is 161 Å². The van der Waals surface area contributed by atoms with Gasteiger partial charge in [0.05, 0.1) is 6.04 Å². The molecule has 0 saturated heterocycles. The Morgan fingerprint density at radius 1 is 1.11 bits per heavy atom. The minimum absolute atomic E-state index is 0.0441. The zero-order valence-electron chi connectivity index (χ0n) is 16.2. The molecule has 0 bridgehead atoms. The number of hydrogen-bond acceptors (Lipinski definition) is 2. The highest BCUT2D eigenvalue weighted by Crippen LogP contribution is 2.36. The summed E-state index contributed by atoms with van der Waals surface area (Å²) in [5, 5.41) is 2.85. The Balaban J connectivity index is 1.83. The van der Waals surface area contributed by atoms with E-state index < -0.39 is 0 Å². The van der Waals surface area contributed by atoms with Crippen molar-refractivity contribution in [1.82, 2.24) is 10.2 Å². The minimum atomic E-state index is -0.0824. The summed E-state index contributed by atoms with van der Waals surface area (Å²) in [5.41, 5.74) is 4.83. The summed E-state index contributed by atoms with van der Waals surface area (Å²) < 4.78 is 0. The lowest BCUT2D eigenvalue weighted by Gasteiger charge is -2.38. The lowest BCUT2D eigenvalue weighted by molar-refractivity contribution is -0.135. The Bertz CT molecular complexity index is 801. The van der Waals surface area contributed by atoms with Crippen molar-refractivity contribution in [3.8, 4) is 0 Å². The third-order valence-electron chi connectivity index (χ3n) is 5.10. The Morgan fingerprint density at radius 2 is 1.89 bits per heavy atom. The van der Waals surface area contributed by atoms with Gasteiger partial charge in [-0.2, -0.15) is 0 Å². The molecule has 27 heavy (non-hydrogen) atoms. The monoisotopic (exact) mass is 364 g/mol. The second kappa shape index (κ2) is 8.85. The number of carbonyl (C=O) groups is 2. The summed E-state index contributed by atoms with van der Waals surface area (Å²) >= 11 is 0. The van der Waals surface area contributed by atoms with Gasteiger partial charge in [-0.1, -0.05) is 61.0 Å². The fourth-order valence-corrected chi connectivity index (χ4v) is 3.71. The average molecular weight is 364 g/mol. The number of rotatable bonds is 6. The van der Waals surface area contributed by atoms with Crippen LogP contribution in [0, 0.1) is 6.92 Å².